The molecule has 1 rings (SSSR count). The third kappa shape index (κ3) is 11.3. The van der Waals surface area contributed by atoms with E-state index < -0.39 is 0 Å². The molecule has 3 heteroatoms. The lowest BCUT2D eigenvalue weighted by Crippen LogP contribution is -2.33. The molecular weight excluding hydrogens is 324 g/mol. The molecule has 0 radical (unpaired) electrons. The van der Waals surface area contributed by atoms with Crippen LogP contribution in [0.25, 0.3) is 0 Å². The predicted molar refractivity (Wildman–Crippen MR) is 109 cm³/mol. The van der Waals surface area contributed by atoms with Crippen LogP contribution in [0.15, 0.2) is 0 Å². The molecule has 0 bridgehead atoms. The van der Waals surface area contributed by atoms with Crippen LogP contribution in [0.2, 0.25) is 0 Å². The molecule has 0 aromatic rings. The van der Waals surface area contributed by atoms with E-state index in [-0.39, 0.29) is 5.79 Å². The largest absolute Gasteiger partial charge is 0.350 e. The highest BCUT2D eigenvalue weighted by atomic mass is 16.7. The zero-order valence-corrected chi connectivity index (χ0v) is 18.4. The summed E-state index contributed by atoms with van der Waals surface area (Å²) in [6, 6.07) is 0. The van der Waals surface area contributed by atoms with E-state index in [4.69, 9.17) is 9.47 Å². The van der Waals surface area contributed by atoms with E-state index in [1.54, 1.807) is 0 Å². The third-order valence-electron chi connectivity index (χ3n) is 5.15. The van der Waals surface area contributed by atoms with Crippen molar-refractivity contribution in [2.75, 3.05) is 13.2 Å². The molecule has 26 heavy (non-hydrogen) atoms. The quantitative estimate of drug-likeness (QED) is 0.284. The lowest BCUT2D eigenvalue weighted by molar-refractivity contribution is -0.233. The van der Waals surface area contributed by atoms with Crippen molar-refractivity contribution in [2.24, 2.45) is 10.8 Å². The summed E-state index contributed by atoms with van der Waals surface area (Å²) in [5.41, 5.74) is 0.684. The van der Waals surface area contributed by atoms with Gasteiger partial charge in [0, 0.05) is 25.7 Å². The van der Waals surface area contributed by atoms with Gasteiger partial charge >= 0.3 is 0 Å². The van der Waals surface area contributed by atoms with Crippen molar-refractivity contribution in [3.63, 3.8) is 0 Å². The summed E-state index contributed by atoms with van der Waals surface area (Å²) in [5.74, 6) is 0.0112. The Kier molecular flexibility index (Phi) is 9.82. The maximum Gasteiger partial charge on any atom is 0.168 e. The second kappa shape index (κ2) is 10.8. The van der Waals surface area contributed by atoms with Crippen LogP contribution in [0.1, 0.15) is 112 Å². The monoisotopic (exact) mass is 368 g/mol. The number of rotatable bonds is 12. The van der Waals surface area contributed by atoms with Gasteiger partial charge in [0.25, 0.3) is 0 Å². The lowest BCUT2D eigenvalue weighted by Gasteiger charge is -2.30. The molecule has 0 aromatic carbocycles. The summed E-state index contributed by atoms with van der Waals surface area (Å²) < 4.78 is 12.3. The van der Waals surface area contributed by atoms with Gasteiger partial charge in [-0.1, -0.05) is 41.5 Å². The van der Waals surface area contributed by atoms with Crippen LogP contribution in [0, 0.1) is 10.8 Å². The summed E-state index contributed by atoms with van der Waals surface area (Å²) in [6.07, 6.45) is 10.9. The zero-order valence-electron chi connectivity index (χ0n) is 18.4. The first-order valence-electron chi connectivity index (χ1n) is 10.8. The molecule has 0 aliphatic heterocycles. The van der Waals surface area contributed by atoms with E-state index in [1.165, 1.54) is 19.3 Å². The minimum absolute atomic E-state index is 0.322. The van der Waals surface area contributed by atoms with E-state index in [1.807, 2.05) is 0 Å². The standard InChI is InChI=1S/C23H44O3/c1-21(2,3)14-9-12-20(24)13-10-18-25-23(16-7-8-17-23)26-19-11-15-22(4,5)6/h7-19H2,1-6H3. The molecule has 1 aliphatic rings. The van der Waals surface area contributed by atoms with Crippen LogP contribution in [-0.4, -0.2) is 24.8 Å². The number of carbonyl (C=O) groups excluding carboxylic acids is 1. The average molecular weight is 369 g/mol. The molecular formula is C23H44O3. The van der Waals surface area contributed by atoms with Crippen LogP contribution in [0.4, 0.5) is 0 Å². The SMILES string of the molecule is CC(C)(C)CCCOC1(OCCCC(=O)CCCC(C)(C)C)CCCC1. The Bertz CT molecular complexity index is 395. The van der Waals surface area contributed by atoms with Gasteiger partial charge in [-0.2, -0.15) is 0 Å². The second-order valence-electron chi connectivity index (χ2n) is 10.5. The van der Waals surface area contributed by atoms with Crippen LogP contribution in [-0.2, 0) is 14.3 Å². The van der Waals surface area contributed by atoms with Gasteiger partial charge in [0.1, 0.15) is 5.78 Å². The highest BCUT2D eigenvalue weighted by Gasteiger charge is 2.35. The van der Waals surface area contributed by atoms with Gasteiger partial charge in [0.15, 0.2) is 5.79 Å². The van der Waals surface area contributed by atoms with Crippen molar-refractivity contribution >= 4 is 5.78 Å². The van der Waals surface area contributed by atoms with E-state index >= 15 is 0 Å². The molecule has 0 N–H and O–H groups in total. The summed E-state index contributed by atoms with van der Waals surface area (Å²) >= 11 is 0. The molecule has 1 fully saturated rings. The maximum absolute atomic E-state index is 12.0. The molecule has 3 nitrogen and oxygen atoms in total. The lowest BCUT2D eigenvalue weighted by atomic mass is 9.89. The fraction of sp³-hybridized carbons (Fsp3) is 0.957. The van der Waals surface area contributed by atoms with E-state index in [2.05, 4.69) is 41.5 Å². The summed E-state index contributed by atoms with van der Waals surface area (Å²) in [6.45, 7) is 14.9. The second-order valence-corrected chi connectivity index (χ2v) is 10.5. The van der Waals surface area contributed by atoms with Gasteiger partial charge in [0.2, 0.25) is 0 Å². The van der Waals surface area contributed by atoms with Crippen molar-refractivity contribution in [3.8, 4) is 0 Å². The molecule has 0 aromatic heterocycles. The number of ketones is 1. The van der Waals surface area contributed by atoms with Crippen LogP contribution in [0.5, 0.6) is 0 Å². The molecule has 0 unspecified atom stereocenters. The minimum Gasteiger partial charge on any atom is -0.350 e. The van der Waals surface area contributed by atoms with Gasteiger partial charge in [-0.05, 0) is 55.8 Å². The molecule has 1 aliphatic carbocycles. The highest BCUT2D eigenvalue weighted by molar-refractivity contribution is 5.78. The highest BCUT2D eigenvalue weighted by Crippen LogP contribution is 2.35. The van der Waals surface area contributed by atoms with Gasteiger partial charge in [-0.15, -0.1) is 0 Å². The van der Waals surface area contributed by atoms with Crippen molar-refractivity contribution in [1.82, 2.24) is 0 Å². The molecule has 1 saturated carbocycles. The number of ether oxygens (including phenoxy) is 2. The van der Waals surface area contributed by atoms with Gasteiger partial charge in [-0.25, -0.2) is 0 Å². The van der Waals surface area contributed by atoms with Gasteiger partial charge in [-0.3, -0.25) is 4.79 Å². The van der Waals surface area contributed by atoms with Crippen molar-refractivity contribution in [2.45, 2.75) is 118 Å². The van der Waals surface area contributed by atoms with Crippen molar-refractivity contribution in [1.29, 1.82) is 0 Å². The Morgan fingerprint density at radius 1 is 0.769 bits per heavy atom. The Morgan fingerprint density at radius 3 is 1.77 bits per heavy atom. The summed E-state index contributed by atoms with van der Waals surface area (Å²) in [5, 5.41) is 0. The normalized spacial score (nSPS) is 17.6. The van der Waals surface area contributed by atoms with E-state index in [9.17, 15) is 4.79 Å². The Labute approximate surface area is 162 Å². The molecule has 0 heterocycles. The Morgan fingerprint density at radius 2 is 1.23 bits per heavy atom. The number of hydrogen-bond donors (Lipinski definition) is 0. The summed E-state index contributed by atoms with van der Waals surface area (Å²) in [4.78, 5) is 12.0. The van der Waals surface area contributed by atoms with Crippen LogP contribution >= 0.6 is 0 Å². The number of carbonyl (C=O) groups is 1. The van der Waals surface area contributed by atoms with E-state index in [0.717, 1.165) is 45.1 Å². The van der Waals surface area contributed by atoms with Crippen LogP contribution < -0.4 is 0 Å². The maximum atomic E-state index is 12.0. The third-order valence-corrected chi connectivity index (χ3v) is 5.15. The fourth-order valence-corrected chi connectivity index (χ4v) is 3.57. The molecule has 154 valence electrons. The smallest absolute Gasteiger partial charge is 0.168 e. The molecule has 0 spiro atoms. The topological polar surface area (TPSA) is 35.5 Å². The fourth-order valence-electron chi connectivity index (χ4n) is 3.57. The molecule has 0 saturated heterocycles. The Balaban J connectivity index is 2.20. The van der Waals surface area contributed by atoms with Crippen LogP contribution in [0.3, 0.4) is 0 Å². The van der Waals surface area contributed by atoms with Crippen molar-refractivity contribution in [3.05, 3.63) is 0 Å². The van der Waals surface area contributed by atoms with Gasteiger partial charge in [0.05, 0.1) is 13.2 Å². The van der Waals surface area contributed by atoms with Gasteiger partial charge < -0.3 is 9.47 Å². The first kappa shape index (κ1) is 23.6. The molecule has 0 atom stereocenters. The first-order chi connectivity index (χ1) is 12.0. The average Bonchev–Trinajstić information content (AvgIpc) is 2.95. The molecule has 0 amide bonds. The van der Waals surface area contributed by atoms with E-state index in [0.29, 0.717) is 36.1 Å². The summed E-state index contributed by atoms with van der Waals surface area (Å²) in [7, 11) is 0. The first-order valence-corrected chi connectivity index (χ1v) is 10.8. The zero-order chi connectivity index (χ0) is 19.7. The number of Topliss-reactive ketones (excluding diaryl/α,β-unsaturated/α-hetero) is 1. The Hall–Kier alpha value is -0.410. The minimum atomic E-state index is -0.368. The van der Waals surface area contributed by atoms with Crippen molar-refractivity contribution < 1.29 is 14.3 Å². The number of hydrogen-bond acceptors (Lipinski definition) is 3. The predicted octanol–water partition coefficient (Wildman–Crippen LogP) is 6.68.